The van der Waals surface area contributed by atoms with Crippen LogP contribution in [-0.2, 0) is 6.42 Å². The van der Waals surface area contributed by atoms with Crippen LogP contribution in [0.4, 0.5) is 0 Å². The van der Waals surface area contributed by atoms with Crippen molar-refractivity contribution in [2.45, 2.75) is 13.3 Å². The Balaban J connectivity index is 1.95. The summed E-state index contributed by atoms with van der Waals surface area (Å²) in [4.78, 5) is 0. The predicted molar refractivity (Wildman–Crippen MR) is 94.4 cm³/mol. The zero-order chi connectivity index (χ0) is 14.7. The molecule has 1 aliphatic carbocycles. The smallest absolute Gasteiger partial charge is 0.000443 e. The van der Waals surface area contributed by atoms with Gasteiger partial charge in [-0.05, 0) is 62.7 Å². The molecule has 0 bridgehead atoms. The molecule has 0 saturated heterocycles. The highest BCUT2D eigenvalue weighted by Crippen LogP contribution is 2.45. The minimum absolute atomic E-state index is 1.06. The molecule has 0 heterocycles. The molecule has 0 aromatic heterocycles. The van der Waals surface area contributed by atoms with Crippen molar-refractivity contribution in [1.82, 2.24) is 0 Å². The van der Waals surface area contributed by atoms with Crippen LogP contribution in [0.5, 0.6) is 0 Å². The Morgan fingerprint density at radius 1 is 0.682 bits per heavy atom. The lowest BCUT2D eigenvalue weighted by Gasteiger charge is -2.10. The molecule has 0 nitrogen and oxygen atoms in total. The van der Waals surface area contributed by atoms with E-state index in [1.54, 1.807) is 0 Å². The van der Waals surface area contributed by atoms with Crippen molar-refractivity contribution in [3.8, 4) is 11.1 Å². The van der Waals surface area contributed by atoms with Crippen LogP contribution >= 0.6 is 0 Å². The van der Waals surface area contributed by atoms with E-state index in [0.29, 0.717) is 0 Å². The van der Waals surface area contributed by atoms with Crippen LogP contribution in [0.2, 0.25) is 0 Å². The molecule has 0 N–H and O–H groups in total. The Morgan fingerprint density at radius 2 is 1.41 bits per heavy atom. The highest BCUT2D eigenvalue weighted by Gasteiger charge is 2.23. The predicted octanol–water partition coefficient (Wildman–Crippen LogP) is 5.87. The standard InChI is InChI=1S/C22H16/c1-14-12-16-7-3-5-9-18(16)22-19-11-10-15-6-2-4-8-17(15)21(19)13-20(14)22/h2-12H,13H2,1H3. The second-order valence-electron chi connectivity index (χ2n) is 6.26. The Bertz CT molecular complexity index is 1050. The van der Waals surface area contributed by atoms with Crippen molar-refractivity contribution in [2.75, 3.05) is 0 Å². The van der Waals surface area contributed by atoms with Crippen LogP contribution in [0, 0.1) is 6.92 Å². The van der Waals surface area contributed by atoms with Crippen LogP contribution in [0.1, 0.15) is 16.7 Å². The monoisotopic (exact) mass is 280 g/mol. The molecule has 4 aromatic carbocycles. The molecule has 0 aliphatic heterocycles. The maximum Gasteiger partial charge on any atom is -0.000443 e. The molecule has 0 saturated carbocycles. The number of aryl methyl sites for hydroxylation is 1. The molecule has 0 unspecified atom stereocenters. The fraction of sp³-hybridized carbons (Fsp3) is 0.0909. The first-order valence-electron chi connectivity index (χ1n) is 7.85. The summed E-state index contributed by atoms with van der Waals surface area (Å²) in [5.41, 5.74) is 7.29. The van der Waals surface area contributed by atoms with Crippen molar-refractivity contribution in [1.29, 1.82) is 0 Å². The third kappa shape index (κ3) is 1.47. The second kappa shape index (κ2) is 4.20. The van der Waals surface area contributed by atoms with Crippen LogP contribution in [0.15, 0.2) is 66.7 Å². The first-order chi connectivity index (χ1) is 10.8. The van der Waals surface area contributed by atoms with E-state index in [2.05, 4.69) is 73.7 Å². The van der Waals surface area contributed by atoms with Crippen molar-refractivity contribution in [3.63, 3.8) is 0 Å². The van der Waals surface area contributed by atoms with E-state index < -0.39 is 0 Å². The summed E-state index contributed by atoms with van der Waals surface area (Å²) in [6.07, 6.45) is 1.06. The third-order valence-electron chi connectivity index (χ3n) is 5.04. The van der Waals surface area contributed by atoms with E-state index in [1.807, 2.05) is 0 Å². The Morgan fingerprint density at radius 3 is 2.27 bits per heavy atom. The highest BCUT2D eigenvalue weighted by molar-refractivity contribution is 6.05. The molecular weight excluding hydrogens is 264 g/mol. The van der Waals surface area contributed by atoms with Gasteiger partial charge in [0.1, 0.15) is 0 Å². The SMILES string of the molecule is Cc1cc2ccccc2c2c1Cc1c-2ccc2ccccc12. The fourth-order valence-electron chi connectivity index (χ4n) is 4.00. The summed E-state index contributed by atoms with van der Waals surface area (Å²) in [5, 5.41) is 5.48. The van der Waals surface area contributed by atoms with Crippen molar-refractivity contribution in [3.05, 3.63) is 83.4 Å². The van der Waals surface area contributed by atoms with Gasteiger partial charge >= 0.3 is 0 Å². The Kier molecular flexibility index (Phi) is 2.29. The van der Waals surface area contributed by atoms with Gasteiger partial charge in [-0.2, -0.15) is 0 Å². The summed E-state index contributed by atoms with van der Waals surface area (Å²) < 4.78 is 0. The van der Waals surface area contributed by atoms with Crippen LogP contribution < -0.4 is 0 Å². The van der Waals surface area contributed by atoms with Gasteiger partial charge in [-0.1, -0.05) is 66.7 Å². The normalized spacial score (nSPS) is 12.6. The zero-order valence-electron chi connectivity index (χ0n) is 12.6. The number of rotatable bonds is 0. The molecule has 1 aliphatic rings. The molecule has 0 radical (unpaired) electrons. The van der Waals surface area contributed by atoms with Crippen LogP contribution in [0.3, 0.4) is 0 Å². The number of benzene rings is 4. The third-order valence-corrected chi connectivity index (χ3v) is 5.04. The van der Waals surface area contributed by atoms with E-state index in [0.717, 1.165) is 6.42 Å². The van der Waals surface area contributed by atoms with E-state index in [1.165, 1.54) is 49.4 Å². The van der Waals surface area contributed by atoms with Crippen molar-refractivity contribution in [2.24, 2.45) is 0 Å². The summed E-state index contributed by atoms with van der Waals surface area (Å²) in [6.45, 7) is 2.25. The number of hydrogen-bond acceptors (Lipinski definition) is 0. The first-order valence-corrected chi connectivity index (χ1v) is 7.85. The van der Waals surface area contributed by atoms with Gasteiger partial charge in [0.2, 0.25) is 0 Å². The molecule has 0 amide bonds. The summed E-state index contributed by atoms with van der Waals surface area (Å²) in [5.74, 6) is 0. The topological polar surface area (TPSA) is 0 Å². The summed E-state index contributed by atoms with van der Waals surface area (Å²) >= 11 is 0. The highest BCUT2D eigenvalue weighted by atomic mass is 14.3. The molecule has 0 fully saturated rings. The average molecular weight is 280 g/mol. The minimum Gasteiger partial charge on any atom is -0.0616 e. The molecule has 22 heavy (non-hydrogen) atoms. The molecule has 0 atom stereocenters. The average Bonchev–Trinajstić information content (AvgIpc) is 2.96. The van der Waals surface area contributed by atoms with Gasteiger partial charge in [0.05, 0.1) is 0 Å². The Hall–Kier alpha value is -2.60. The van der Waals surface area contributed by atoms with Gasteiger partial charge in [-0.25, -0.2) is 0 Å². The van der Waals surface area contributed by atoms with Gasteiger partial charge in [-0.15, -0.1) is 0 Å². The summed E-state index contributed by atoms with van der Waals surface area (Å²) in [6, 6.07) is 24.4. The lowest BCUT2D eigenvalue weighted by molar-refractivity contribution is 1.24. The van der Waals surface area contributed by atoms with Gasteiger partial charge < -0.3 is 0 Å². The fourth-order valence-corrected chi connectivity index (χ4v) is 4.00. The molecule has 0 spiro atoms. The van der Waals surface area contributed by atoms with E-state index in [4.69, 9.17) is 0 Å². The van der Waals surface area contributed by atoms with Gasteiger partial charge in [-0.3, -0.25) is 0 Å². The van der Waals surface area contributed by atoms with Gasteiger partial charge in [0.15, 0.2) is 0 Å². The van der Waals surface area contributed by atoms with E-state index in [9.17, 15) is 0 Å². The van der Waals surface area contributed by atoms with Crippen LogP contribution in [0.25, 0.3) is 32.7 Å². The van der Waals surface area contributed by atoms with E-state index in [-0.39, 0.29) is 0 Å². The molecule has 5 rings (SSSR count). The maximum atomic E-state index is 2.34. The molecule has 0 heteroatoms. The quantitative estimate of drug-likeness (QED) is 0.332. The number of hydrogen-bond donors (Lipinski definition) is 0. The van der Waals surface area contributed by atoms with Crippen LogP contribution in [-0.4, -0.2) is 0 Å². The van der Waals surface area contributed by atoms with Gasteiger partial charge in [0, 0.05) is 0 Å². The molecular formula is C22H16. The number of fused-ring (bicyclic) bond motifs is 7. The van der Waals surface area contributed by atoms with E-state index >= 15 is 0 Å². The van der Waals surface area contributed by atoms with Crippen molar-refractivity contribution < 1.29 is 0 Å². The lowest BCUT2D eigenvalue weighted by atomic mass is 9.94. The maximum absolute atomic E-state index is 2.34. The first kappa shape index (κ1) is 12.0. The minimum atomic E-state index is 1.06. The van der Waals surface area contributed by atoms with Gasteiger partial charge in [0.25, 0.3) is 0 Å². The molecule has 104 valence electrons. The molecule has 4 aromatic rings. The second-order valence-corrected chi connectivity index (χ2v) is 6.26. The largest absolute Gasteiger partial charge is 0.0616 e. The lowest BCUT2D eigenvalue weighted by Crippen LogP contribution is -1.88. The van der Waals surface area contributed by atoms with Crippen molar-refractivity contribution >= 4 is 21.5 Å². The zero-order valence-corrected chi connectivity index (χ0v) is 12.6. The Labute approximate surface area is 130 Å². The summed E-state index contributed by atoms with van der Waals surface area (Å²) in [7, 11) is 0.